The highest BCUT2D eigenvalue weighted by Gasteiger charge is 2.29. The second-order valence-corrected chi connectivity index (χ2v) is 6.61. The summed E-state index contributed by atoms with van der Waals surface area (Å²) in [5.41, 5.74) is -0.0447. The number of benzene rings is 1. The molecule has 1 unspecified atom stereocenters. The number of alkyl halides is 3. The summed E-state index contributed by atoms with van der Waals surface area (Å²) in [7, 11) is 3.32. The number of carbonyl (C=O) groups is 1. The van der Waals surface area contributed by atoms with Crippen LogP contribution in [0.15, 0.2) is 29.3 Å². The fourth-order valence-corrected chi connectivity index (χ4v) is 2.45. The fraction of sp³-hybridized carbons (Fsp3) is 0.556. The number of nitrogens with zero attached hydrogens (tertiary/aromatic N) is 2. The second-order valence-electron chi connectivity index (χ2n) is 6.61. The van der Waals surface area contributed by atoms with Crippen molar-refractivity contribution >= 4 is 11.9 Å². The summed E-state index contributed by atoms with van der Waals surface area (Å²) in [6.07, 6.45) is -3.40. The molecule has 2 N–H and O–H groups in total. The lowest BCUT2D eigenvalue weighted by Crippen LogP contribution is -2.44. The van der Waals surface area contributed by atoms with E-state index >= 15 is 0 Å². The first kappa shape index (κ1) is 21.0. The molecular weight excluding hydrogens is 361 g/mol. The number of hydrogen-bond acceptors (Lipinski definition) is 3. The van der Waals surface area contributed by atoms with E-state index in [1.165, 1.54) is 17.0 Å². The Balaban J connectivity index is 1.98. The Labute approximate surface area is 156 Å². The Kier molecular flexibility index (Phi) is 7.46. The van der Waals surface area contributed by atoms with Gasteiger partial charge in [-0.15, -0.1) is 0 Å². The molecule has 27 heavy (non-hydrogen) atoms. The van der Waals surface area contributed by atoms with Crippen molar-refractivity contribution in [3.05, 3.63) is 35.4 Å². The quantitative estimate of drug-likeness (QED) is 0.579. The number of guanidine groups is 1. The van der Waals surface area contributed by atoms with Crippen molar-refractivity contribution in [2.45, 2.75) is 19.1 Å². The predicted molar refractivity (Wildman–Crippen MR) is 96.2 cm³/mol. The summed E-state index contributed by atoms with van der Waals surface area (Å²) in [5, 5.41) is 6.13. The summed E-state index contributed by atoms with van der Waals surface area (Å²) in [6.45, 7) is 2.33. The van der Waals surface area contributed by atoms with Crippen LogP contribution in [0.1, 0.15) is 17.5 Å². The van der Waals surface area contributed by atoms with Crippen molar-refractivity contribution in [3.8, 4) is 0 Å². The molecule has 0 spiro atoms. The van der Waals surface area contributed by atoms with Gasteiger partial charge in [0, 0.05) is 33.2 Å². The van der Waals surface area contributed by atoms with Crippen LogP contribution in [0.2, 0.25) is 0 Å². The van der Waals surface area contributed by atoms with Crippen LogP contribution in [0.5, 0.6) is 0 Å². The van der Waals surface area contributed by atoms with Crippen molar-refractivity contribution in [3.63, 3.8) is 0 Å². The average Bonchev–Trinajstić information content (AvgIpc) is 3.13. The molecule has 1 amide bonds. The van der Waals surface area contributed by atoms with Crippen LogP contribution in [0.4, 0.5) is 13.2 Å². The molecule has 0 saturated carbocycles. The number of rotatable bonds is 6. The largest absolute Gasteiger partial charge is 0.416 e. The molecule has 150 valence electrons. The maximum atomic E-state index is 12.6. The first-order valence-electron chi connectivity index (χ1n) is 8.72. The average molecular weight is 386 g/mol. The van der Waals surface area contributed by atoms with Crippen LogP contribution in [0.3, 0.4) is 0 Å². The maximum absolute atomic E-state index is 12.6. The molecule has 1 heterocycles. The molecule has 1 aromatic carbocycles. The minimum atomic E-state index is -4.36. The lowest BCUT2D eigenvalue weighted by atomic mass is 10.1. The Morgan fingerprint density at radius 1 is 1.26 bits per heavy atom. The molecule has 0 radical (unpaired) electrons. The van der Waals surface area contributed by atoms with Gasteiger partial charge in [0.05, 0.1) is 25.3 Å². The van der Waals surface area contributed by atoms with Gasteiger partial charge in [0.15, 0.2) is 5.96 Å². The molecule has 1 atom stereocenters. The number of aliphatic imine (C=N–C) groups is 1. The summed E-state index contributed by atoms with van der Waals surface area (Å²) >= 11 is 0. The third-order valence-electron chi connectivity index (χ3n) is 4.19. The SMILES string of the molecule is CN(C)C(=O)CNC(=NCc1ccc(C(F)(F)F)cc1)NCC1CCOC1. The smallest absolute Gasteiger partial charge is 0.381 e. The van der Waals surface area contributed by atoms with E-state index in [9.17, 15) is 18.0 Å². The number of halogens is 3. The Hall–Kier alpha value is -2.29. The van der Waals surface area contributed by atoms with Crippen molar-refractivity contribution < 1.29 is 22.7 Å². The number of amides is 1. The van der Waals surface area contributed by atoms with Crippen LogP contribution >= 0.6 is 0 Å². The molecular formula is C18H25F3N4O2. The topological polar surface area (TPSA) is 66.0 Å². The summed E-state index contributed by atoms with van der Waals surface area (Å²) in [4.78, 5) is 17.6. The fourth-order valence-electron chi connectivity index (χ4n) is 2.45. The van der Waals surface area contributed by atoms with Gasteiger partial charge in [-0.05, 0) is 24.1 Å². The molecule has 1 aliphatic rings. The van der Waals surface area contributed by atoms with E-state index in [4.69, 9.17) is 4.74 Å². The minimum Gasteiger partial charge on any atom is -0.381 e. The molecule has 0 aromatic heterocycles. The molecule has 0 aliphatic carbocycles. The van der Waals surface area contributed by atoms with E-state index in [1.807, 2.05) is 0 Å². The van der Waals surface area contributed by atoms with Crippen LogP contribution in [-0.4, -0.2) is 57.2 Å². The molecule has 1 aliphatic heterocycles. The van der Waals surface area contributed by atoms with E-state index < -0.39 is 11.7 Å². The molecule has 1 saturated heterocycles. The zero-order valence-electron chi connectivity index (χ0n) is 15.5. The van der Waals surface area contributed by atoms with Crippen LogP contribution in [0.25, 0.3) is 0 Å². The highest BCUT2D eigenvalue weighted by atomic mass is 19.4. The van der Waals surface area contributed by atoms with Crippen molar-refractivity contribution in [1.29, 1.82) is 0 Å². The van der Waals surface area contributed by atoms with Crippen LogP contribution in [0, 0.1) is 5.92 Å². The number of hydrogen-bond donors (Lipinski definition) is 2. The normalized spacial score (nSPS) is 17.7. The van der Waals surface area contributed by atoms with Crippen molar-refractivity contribution in [1.82, 2.24) is 15.5 Å². The van der Waals surface area contributed by atoms with E-state index in [0.29, 0.717) is 30.6 Å². The first-order valence-corrected chi connectivity index (χ1v) is 8.72. The number of nitrogens with one attached hydrogen (secondary N) is 2. The van der Waals surface area contributed by atoms with Crippen LogP contribution < -0.4 is 10.6 Å². The standard InChI is InChI=1S/C18H25F3N4O2/c1-25(2)16(26)11-24-17(23-10-14-7-8-27-12-14)22-9-13-3-5-15(6-4-13)18(19,20)21/h3-6,14H,7-12H2,1-2H3,(H2,22,23,24). The zero-order valence-corrected chi connectivity index (χ0v) is 15.5. The van der Waals surface area contributed by atoms with Gasteiger partial charge in [-0.2, -0.15) is 13.2 Å². The van der Waals surface area contributed by atoms with Gasteiger partial charge in [0.2, 0.25) is 5.91 Å². The minimum absolute atomic E-state index is 0.0764. The molecule has 1 fully saturated rings. The third-order valence-corrected chi connectivity index (χ3v) is 4.19. The van der Waals surface area contributed by atoms with Crippen LogP contribution in [-0.2, 0) is 22.3 Å². The van der Waals surface area contributed by atoms with Crippen molar-refractivity contribution in [2.75, 3.05) is 40.4 Å². The van der Waals surface area contributed by atoms with Gasteiger partial charge in [0.25, 0.3) is 0 Å². The van der Waals surface area contributed by atoms with Gasteiger partial charge in [-0.25, -0.2) is 4.99 Å². The van der Waals surface area contributed by atoms with Gasteiger partial charge in [-0.3, -0.25) is 4.79 Å². The van der Waals surface area contributed by atoms with Crippen molar-refractivity contribution in [2.24, 2.45) is 10.9 Å². The molecule has 0 bridgehead atoms. The highest BCUT2D eigenvalue weighted by molar-refractivity contribution is 5.86. The molecule has 1 aromatic rings. The van der Waals surface area contributed by atoms with Gasteiger partial charge >= 0.3 is 6.18 Å². The van der Waals surface area contributed by atoms with Gasteiger partial charge < -0.3 is 20.3 Å². The second kappa shape index (κ2) is 9.59. The highest BCUT2D eigenvalue weighted by Crippen LogP contribution is 2.29. The molecule has 6 nitrogen and oxygen atoms in total. The van der Waals surface area contributed by atoms with E-state index in [1.54, 1.807) is 14.1 Å². The maximum Gasteiger partial charge on any atom is 0.416 e. The number of carbonyl (C=O) groups excluding carboxylic acids is 1. The van der Waals surface area contributed by atoms with E-state index in [0.717, 1.165) is 25.2 Å². The lowest BCUT2D eigenvalue weighted by Gasteiger charge is -2.16. The van der Waals surface area contributed by atoms with E-state index in [-0.39, 0.29) is 19.0 Å². The Bertz CT molecular complexity index is 639. The predicted octanol–water partition coefficient (Wildman–Crippen LogP) is 1.87. The Morgan fingerprint density at radius 3 is 2.52 bits per heavy atom. The zero-order chi connectivity index (χ0) is 19.9. The molecule has 9 heteroatoms. The monoisotopic (exact) mass is 386 g/mol. The lowest BCUT2D eigenvalue weighted by molar-refractivity contribution is -0.137. The number of ether oxygens (including phenoxy) is 1. The third kappa shape index (κ3) is 7.09. The summed E-state index contributed by atoms with van der Waals surface area (Å²) < 4.78 is 43.2. The Morgan fingerprint density at radius 2 is 1.96 bits per heavy atom. The number of likely N-dealkylation sites (N-methyl/N-ethyl adjacent to an activating group) is 1. The van der Waals surface area contributed by atoms with E-state index in [2.05, 4.69) is 15.6 Å². The summed E-state index contributed by atoms with van der Waals surface area (Å²) in [6, 6.07) is 4.88. The van der Waals surface area contributed by atoms with Gasteiger partial charge in [-0.1, -0.05) is 12.1 Å². The first-order chi connectivity index (χ1) is 12.8. The van der Waals surface area contributed by atoms with Gasteiger partial charge in [0.1, 0.15) is 0 Å². The summed E-state index contributed by atoms with van der Waals surface area (Å²) in [5.74, 6) is 0.702. The molecule has 2 rings (SSSR count).